The van der Waals surface area contributed by atoms with Crippen LogP contribution in [0.2, 0.25) is 0 Å². The molecule has 3 nitrogen and oxygen atoms in total. The van der Waals surface area contributed by atoms with E-state index in [4.69, 9.17) is 5.73 Å². The number of nitrogens with two attached hydrogens (primary N) is 1. The summed E-state index contributed by atoms with van der Waals surface area (Å²) >= 11 is 0. The third-order valence-electron chi connectivity index (χ3n) is 3.40. The minimum Gasteiger partial charge on any atom is -0.324 e. The third-order valence-corrected chi connectivity index (χ3v) is 3.40. The minimum absolute atomic E-state index is 0.116. The van der Waals surface area contributed by atoms with Crippen LogP contribution >= 0.6 is 0 Å². The van der Waals surface area contributed by atoms with Gasteiger partial charge in [0.05, 0.1) is 6.20 Å². The Bertz CT molecular complexity index is 379. The van der Waals surface area contributed by atoms with Crippen LogP contribution in [0.5, 0.6) is 0 Å². The molecule has 0 spiro atoms. The zero-order valence-corrected chi connectivity index (χ0v) is 10.7. The van der Waals surface area contributed by atoms with Crippen LogP contribution in [0.4, 0.5) is 0 Å². The van der Waals surface area contributed by atoms with Gasteiger partial charge in [0.1, 0.15) is 0 Å². The average molecular weight is 233 g/mol. The van der Waals surface area contributed by atoms with Gasteiger partial charge in [0.15, 0.2) is 0 Å². The highest BCUT2D eigenvalue weighted by atomic mass is 15.3. The highest BCUT2D eigenvalue weighted by molar-refractivity contribution is 5.15. The Morgan fingerprint density at radius 2 is 2.35 bits per heavy atom. The summed E-state index contributed by atoms with van der Waals surface area (Å²) in [4.78, 5) is 0. The lowest BCUT2D eigenvalue weighted by atomic mass is 9.93. The molecule has 0 saturated heterocycles. The molecule has 1 heterocycles. The standard InChI is InChI=1S/C14H23N3/c1-2-8-17-11-13(10-16-17)14(15)9-12-6-4-3-5-7-12/h6,10-11,14H,2-5,7-9,15H2,1H3. The van der Waals surface area contributed by atoms with Gasteiger partial charge in [-0.3, -0.25) is 4.68 Å². The molecule has 1 aliphatic rings. The molecular weight excluding hydrogens is 210 g/mol. The highest BCUT2D eigenvalue weighted by Crippen LogP contribution is 2.25. The quantitative estimate of drug-likeness (QED) is 0.794. The van der Waals surface area contributed by atoms with E-state index in [-0.39, 0.29) is 6.04 Å². The molecule has 3 heteroatoms. The Morgan fingerprint density at radius 3 is 3.06 bits per heavy atom. The second kappa shape index (κ2) is 6.01. The van der Waals surface area contributed by atoms with Crippen molar-refractivity contribution in [3.05, 3.63) is 29.6 Å². The Labute approximate surface area is 104 Å². The van der Waals surface area contributed by atoms with Crippen LogP contribution in [0.25, 0.3) is 0 Å². The van der Waals surface area contributed by atoms with Crippen molar-refractivity contribution >= 4 is 0 Å². The van der Waals surface area contributed by atoms with Crippen molar-refractivity contribution in [3.63, 3.8) is 0 Å². The van der Waals surface area contributed by atoms with Crippen molar-refractivity contribution in [3.8, 4) is 0 Å². The van der Waals surface area contributed by atoms with E-state index in [9.17, 15) is 0 Å². The number of nitrogens with zero attached hydrogens (tertiary/aromatic N) is 2. The van der Waals surface area contributed by atoms with Crippen molar-refractivity contribution in [2.75, 3.05) is 0 Å². The van der Waals surface area contributed by atoms with Gasteiger partial charge in [-0.1, -0.05) is 18.6 Å². The molecule has 1 unspecified atom stereocenters. The fourth-order valence-corrected chi connectivity index (χ4v) is 2.41. The molecule has 0 aromatic carbocycles. The van der Waals surface area contributed by atoms with Crippen LogP contribution in [-0.4, -0.2) is 9.78 Å². The predicted octanol–water partition coefficient (Wildman–Crippen LogP) is 3.18. The third kappa shape index (κ3) is 3.43. The maximum Gasteiger partial charge on any atom is 0.0537 e. The zero-order valence-electron chi connectivity index (χ0n) is 10.7. The molecule has 0 amide bonds. The van der Waals surface area contributed by atoms with Crippen molar-refractivity contribution < 1.29 is 0 Å². The molecule has 94 valence electrons. The van der Waals surface area contributed by atoms with Gasteiger partial charge in [-0.05, 0) is 38.5 Å². The van der Waals surface area contributed by atoms with E-state index < -0.39 is 0 Å². The molecular formula is C14H23N3. The van der Waals surface area contributed by atoms with Crippen molar-refractivity contribution in [2.45, 2.75) is 58.0 Å². The molecule has 0 saturated carbocycles. The number of hydrogen-bond donors (Lipinski definition) is 1. The van der Waals surface area contributed by atoms with Gasteiger partial charge in [-0.25, -0.2) is 0 Å². The lowest BCUT2D eigenvalue weighted by Crippen LogP contribution is -2.11. The zero-order chi connectivity index (χ0) is 12.1. The van der Waals surface area contributed by atoms with Crippen molar-refractivity contribution in [2.24, 2.45) is 5.73 Å². The van der Waals surface area contributed by atoms with Gasteiger partial charge in [-0.15, -0.1) is 0 Å². The fourth-order valence-electron chi connectivity index (χ4n) is 2.41. The molecule has 1 atom stereocenters. The van der Waals surface area contributed by atoms with Crippen LogP contribution in [-0.2, 0) is 6.54 Å². The number of aromatic nitrogens is 2. The molecule has 2 rings (SSSR count). The first-order chi connectivity index (χ1) is 8.29. The molecule has 1 aromatic heterocycles. The first-order valence-corrected chi connectivity index (χ1v) is 6.75. The molecule has 0 bridgehead atoms. The summed E-state index contributed by atoms with van der Waals surface area (Å²) in [5, 5.41) is 4.34. The molecule has 17 heavy (non-hydrogen) atoms. The lowest BCUT2D eigenvalue weighted by molar-refractivity contribution is 0.598. The number of hydrogen-bond acceptors (Lipinski definition) is 2. The summed E-state index contributed by atoms with van der Waals surface area (Å²) in [6, 6.07) is 0.116. The van der Waals surface area contributed by atoms with E-state index in [0.717, 1.165) is 19.4 Å². The monoisotopic (exact) mass is 233 g/mol. The van der Waals surface area contributed by atoms with E-state index in [1.54, 1.807) is 0 Å². The van der Waals surface area contributed by atoms with Crippen molar-refractivity contribution in [1.82, 2.24) is 9.78 Å². The van der Waals surface area contributed by atoms with Crippen LogP contribution in [0.1, 0.15) is 57.1 Å². The SMILES string of the molecule is CCCn1cc(C(N)CC2=CCCCC2)cn1. The largest absolute Gasteiger partial charge is 0.324 e. The highest BCUT2D eigenvalue weighted by Gasteiger charge is 2.12. The summed E-state index contributed by atoms with van der Waals surface area (Å²) in [5.41, 5.74) is 8.95. The van der Waals surface area contributed by atoms with Crippen molar-refractivity contribution in [1.29, 1.82) is 0 Å². The summed E-state index contributed by atoms with van der Waals surface area (Å²) < 4.78 is 1.99. The smallest absolute Gasteiger partial charge is 0.0537 e. The van der Waals surface area contributed by atoms with E-state index >= 15 is 0 Å². The van der Waals surface area contributed by atoms with Gasteiger partial charge >= 0.3 is 0 Å². The number of aryl methyl sites for hydroxylation is 1. The second-order valence-electron chi connectivity index (χ2n) is 4.96. The molecule has 1 aliphatic carbocycles. The first kappa shape index (κ1) is 12.4. The second-order valence-corrected chi connectivity index (χ2v) is 4.96. The maximum absolute atomic E-state index is 6.24. The van der Waals surface area contributed by atoms with E-state index in [1.165, 1.54) is 36.8 Å². The summed E-state index contributed by atoms with van der Waals surface area (Å²) in [7, 11) is 0. The Hall–Kier alpha value is -1.09. The van der Waals surface area contributed by atoms with Gasteiger partial charge in [0.2, 0.25) is 0 Å². The molecule has 2 N–H and O–H groups in total. The fraction of sp³-hybridized carbons (Fsp3) is 0.643. The Kier molecular flexibility index (Phi) is 4.37. The normalized spacial score (nSPS) is 17.9. The van der Waals surface area contributed by atoms with Crippen LogP contribution in [0.15, 0.2) is 24.0 Å². The molecule has 0 radical (unpaired) electrons. The van der Waals surface area contributed by atoms with Crippen LogP contribution < -0.4 is 5.73 Å². The molecule has 0 aliphatic heterocycles. The minimum atomic E-state index is 0.116. The van der Waals surface area contributed by atoms with Gasteiger partial charge in [0.25, 0.3) is 0 Å². The van der Waals surface area contributed by atoms with Crippen LogP contribution in [0, 0.1) is 0 Å². The number of allylic oxidation sites excluding steroid dienone is 1. The van der Waals surface area contributed by atoms with E-state index in [1.807, 2.05) is 10.9 Å². The van der Waals surface area contributed by atoms with Gasteiger partial charge < -0.3 is 5.73 Å². The lowest BCUT2D eigenvalue weighted by Gasteiger charge is -2.16. The average Bonchev–Trinajstić information content (AvgIpc) is 2.79. The van der Waals surface area contributed by atoms with E-state index in [0.29, 0.717) is 0 Å². The predicted molar refractivity (Wildman–Crippen MR) is 70.6 cm³/mol. The summed E-state index contributed by atoms with van der Waals surface area (Å²) in [5.74, 6) is 0. The van der Waals surface area contributed by atoms with Gasteiger partial charge in [0, 0.05) is 24.3 Å². The van der Waals surface area contributed by atoms with Gasteiger partial charge in [-0.2, -0.15) is 5.10 Å². The van der Waals surface area contributed by atoms with Crippen LogP contribution in [0.3, 0.4) is 0 Å². The summed E-state index contributed by atoms with van der Waals surface area (Å²) in [6.45, 7) is 3.14. The first-order valence-electron chi connectivity index (χ1n) is 6.75. The molecule has 0 fully saturated rings. The topological polar surface area (TPSA) is 43.8 Å². The Balaban J connectivity index is 1.93. The summed E-state index contributed by atoms with van der Waals surface area (Å²) in [6.07, 6.45) is 13.6. The molecule has 1 aromatic rings. The Morgan fingerprint density at radius 1 is 1.47 bits per heavy atom. The van der Waals surface area contributed by atoms with E-state index in [2.05, 4.69) is 24.3 Å². The number of rotatable bonds is 5. The maximum atomic E-state index is 6.24.